The molecule has 3 heterocycles. The lowest BCUT2D eigenvalue weighted by atomic mass is 10.1. The fourth-order valence-corrected chi connectivity index (χ4v) is 3.94. The molecule has 174 valence electrons. The van der Waals surface area contributed by atoms with Crippen LogP contribution in [0.4, 0.5) is 16.0 Å². The topological polar surface area (TPSA) is 105 Å². The molecule has 0 spiro atoms. The van der Waals surface area contributed by atoms with Gasteiger partial charge in [-0.15, -0.1) is 0 Å². The largest absolute Gasteiger partial charge is 0.395 e. The normalized spacial score (nSPS) is 14.3. The summed E-state index contributed by atoms with van der Waals surface area (Å²) in [4.78, 5) is 26.7. The molecule has 1 amide bonds. The maximum absolute atomic E-state index is 14.8. The van der Waals surface area contributed by atoms with E-state index in [2.05, 4.69) is 20.3 Å². The van der Waals surface area contributed by atoms with Crippen molar-refractivity contribution in [2.45, 2.75) is 25.8 Å². The highest BCUT2D eigenvalue weighted by Gasteiger charge is 2.23. The molecule has 0 saturated carbocycles. The molecule has 2 N–H and O–H groups in total. The zero-order valence-electron chi connectivity index (χ0n) is 18.7. The van der Waals surface area contributed by atoms with E-state index in [1.165, 1.54) is 4.90 Å². The van der Waals surface area contributed by atoms with Gasteiger partial charge < -0.3 is 24.6 Å². The lowest BCUT2D eigenvalue weighted by molar-refractivity contribution is 0.0694. The van der Waals surface area contributed by atoms with Crippen LogP contribution in [0, 0.1) is 12.7 Å². The first-order chi connectivity index (χ1) is 16.0. The number of aryl methyl sites for hydroxylation is 1. The van der Waals surface area contributed by atoms with Crippen molar-refractivity contribution in [3.63, 3.8) is 0 Å². The van der Waals surface area contributed by atoms with Crippen LogP contribution in [0.5, 0.6) is 0 Å². The van der Waals surface area contributed by atoms with Gasteiger partial charge >= 0.3 is 0 Å². The van der Waals surface area contributed by atoms with Crippen LogP contribution in [0.25, 0.3) is 11.4 Å². The number of aromatic nitrogens is 4. The van der Waals surface area contributed by atoms with Gasteiger partial charge in [0.1, 0.15) is 11.5 Å². The van der Waals surface area contributed by atoms with E-state index in [-0.39, 0.29) is 36.7 Å². The smallest absolute Gasteiger partial charge is 0.253 e. The number of hydrogen-bond donors (Lipinski definition) is 2. The first-order valence-electron chi connectivity index (χ1n) is 10.9. The number of carbonyl (C=O) groups excluding carboxylic acids is 1. The number of amides is 1. The molecule has 3 aromatic rings. The van der Waals surface area contributed by atoms with Crippen molar-refractivity contribution < 1.29 is 19.0 Å². The lowest BCUT2D eigenvalue weighted by Gasteiger charge is -2.26. The van der Waals surface area contributed by atoms with E-state index in [0.717, 1.165) is 24.9 Å². The second-order valence-electron chi connectivity index (χ2n) is 7.95. The molecule has 0 unspecified atom stereocenters. The van der Waals surface area contributed by atoms with Crippen LogP contribution in [-0.2, 0) is 4.74 Å². The van der Waals surface area contributed by atoms with Gasteiger partial charge in [-0.1, -0.05) is 0 Å². The summed E-state index contributed by atoms with van der Waals surface area (Å²) in [6.45, 7) is 3.39. The summed E-state index contributed by atoms with van der Waals surface area (Å²) in [7, 11) is 1.63. The first-order valence-corrected chi connectivity index (χ1v) is 10.9. The predicted molar refractivity (Wildman–Crippen MR) is 121 cm³/mol. The van der Waals surface area contributed by atoms with Crippen LogP contribution in [0.15, 0.2) is 36.7 Å². The van der Waals surface area contributed by atoms with E-state index in [0.29, 0.717) is 30.2 Å². The SMILES string of the molecule is Cc1ncc(-c2nc(Nc3ccc(C(=O)N(C)CCO)cc3)ncc2F)n1C1CCOCC1. The minimum atomic E-state index is -0.526. The van der Waals surface area contributed by atoms with Gasteiger partial charge in [-0.25, -0.2) is 19.3 Å². The first kappa shape index (κ1) is 22.8. The Morgan fingerprint density at radius 2 is 1.97 bits per heavy atom. The number of nitrogens with zero attached hydrogens (tertiary/aromatic N) is 5. The van der Waals surface area contributed by atoms with Crippen molar-refractivity contribution in [2.24, 2.45) is 0 Å². The van der Waals surface area contributed by atoms with Crippen molar-refractivity contribution in [2.75, 3.05) is 38.7 Å². The maximum Gasteiger partial charge on any atom is 0.253 e. The number of carbonyl (C=O) groups is 1. The molecular weight excluding hydrogens is 427 g/mol. The molecule has 1 aliphatic rings. The van der Waals surface area contributed by atoms with E-state index in [4.69, 9.17) is 9.84 Å². The van der Waals surface area contributed by atoms with Crippen LogP contribution < -0.4 is 5.32 Å². The standard InChI is InChI=1S/C23H27FN6O3/c1-15-25-14-20(30(15)18-7-11-33-12-8-18)21-19(24)13-26-23(28-21)27-17-5-3-16(4-6-17)22(32)29(2)9-10-31/h3-6,13-14,18,31H,7-12H2,1-2H3,(H,26,27,28). The number of likely N-dealkylation sites (N-methyl/N-ethyl adjacent to an activating group) is 1. The van der Waals surface area contributed by atoms with Crippen molar-refractivity contribution in [1.82, 2.24) is 24.4 Å². The van der Waals surface area contributed by atoms with Gasteiger partial charge in [0, 0.05) is 44.1 Å². The van der Waals surface area contributed by atoms with Gasteiger partial charge in [-0.2, -0.15) is 0 Å². The maximum atomic E-state index is 14.8. The average molecular weight is 455 g/mol. The Balaban J connectivity index is 1.56. The monoisotopic (exact) mass is 454 g/mol. The molecule has 2 aromatic heterocycles. The molecule has 0 aliphatic carbocycles. The van der Waals surface area contributed by atoms with Crippen LogP contribution in [0.2, 0.25) is 0 Å². The summed E-state index contributed by atoms with van der Waals surface area (Å²) in [6.07, 6.45) is 4.45. The number of halogens is 1. The number of imidazole rings is 1. The van der Waals surface area contributed by atoms with Crippen LogP contribution >= 0.6 is 0 Å². The molecule has 33 heavy (non-hydrogen) atoms. The van der Waals surface area contributed by atoms with Crippen molar-refractivity contribution in [1.29, 1.82) is 0 Å². The molecule has 4 rings (SSSR count). The van der Waals surface area contributed by atoms with Gasteiger partial charge in [0.05, 0.1) is 24.7 Å². The summed E-state index contributed by atoms with van der Waals surface area (Å²) < 4.78 is 22.2. The number of nitrogens with one attached hydrogen (secondary N) is 1. The number of hydrogen-bond acceptors (Lipinski definition) is 7. The summed E-state index contributed by atoms with van der Waals surface area (Å²) in [5.41, 5.74) is 1.93. The Hall–Kier alpha value is -3.37. The highest BCUT2D eigenvalue weighted by molar-refractivity contribution is 5.94. The number of anilines is 2. The summed E-state index contributed by atoms with van der Waals surface area (Å²) in [6, 6.07) is 6.97. The molecule has 1 fully saturated rings. The van der Waals surface area contributed by atoms with Gasteiger partial charge in [0.25, 0.3) is 5.91 Å². The third-order valence-corrected chi connectivity index (χ3v) is 5.69. The van der Waals surface area contributed by atoms with Gasteiger partial charge in [-0.05, 0) is 44.0 Å². The minimum absolute atomic E-state index is 0.0981. The van der Waals surface area contributed by atoms with Gasteiger partial charge in [-0.3, -0.25) is 4.79 Å². The number of rotatable bonds is 7. The molecule has 9 nitrogen and oxygen atoms in total. The number of ether oxygens (including phenoxy) is 1. The van der Waals surface area contributed by atoms with E-state index < -0.39 is 5.82 Å². The fraction of sp³-hybridized carbons (Fsp3) is 0.391. The quantitative estimate of drug-likeness (QED) is 0.565. The Morgan fingerprint density at radius 1 is 1.24 bits per heavy atom. The van der Waals surface area contributed by atoms with Crippen molar-refractivity contribution >= 4 is 17.5 Å². The third-order valence-electron chi connectivity index (χ3n) is 5.69. The number of aliphatic hydroxyl groups excluding tert-OH is 1. The molecule has 0 bridgehead atoms. The average Bonchev–Trinajstić information content (AvgIpc) is 3.22. The molecule has 0 atom stereocenters. The Kier molecular flexibility index (Phi) is 6.95. The Labute approximate surface area is 191 Å². The number of aliphatic hydroxyl groups is 1. The summed E-state index contributed by atoms with van der Waals surface area (Å²) >= 11 is 0. The van der Waals surface area contributed by atoms with E-state index >= 15 is 0 Å². The minimum Gasteiger partial charge on any atom is -0.395 e. The van der Waals surface area contributed by atoms with Crippen molar-refractivity contribution in [3.05, 3.63) is 53.9 Å². The van der Waals surface area contributed by atoms with E-state index in [1.807, 2.05) is 11.5 Å². The fourth-order valence-electron chi connectivity index (χ4n) is 3.94. The summed E-state index contributed by atoms with van der Waals surface area (Å²) in [5.74, 6) is 0.324. The molecule has 1 saturated heterocycles. The number of benzene rings is 1. The van der Waals surface area contributed by atoms with Crippen LogP contribution in [0.3, 0.4) is 0 Å². The van der Waals surface area contributed by atoms with Crippen LogP contribution in [0.1, 0.15) is 35.1 Å². The molecule has 1 aliphatic heterocycles. The highest BCUT2D eigenvalue weighted by Crippen LogP contribution is 2.31. The lowest BCUT2D eigenvalue weighted by Crippen LogP contribution is -2.29. The molecule has 0 radical (unpaired) electrons. The molecule has 10 heteroatoms. The van der Waals surface area contributed by atoms with Crippen LogP contribution in [-0.4, -0.2) is 68.8 Å². The third kappa shape index (κ3) is 5.01. The Morgan fingerprint density at radius 3 is 2.67 bits per heavy atom. The molecule has 1 aromatic carbocycles. The molecular formula is C23H27FN6O3. The van der Waals surface area contributed by atoms with E-state index in [9.17, 15) is 9.18 Å². The predicted octanol–water partition coefficient (Wildman–Crippen LogP) is 2.95. The van der Waals surface area contributed by atoms with Gasteiger partial charge in [0.2, 0.25) is 5.95 Å². The second kappa shape index (κ2) is 10.1. The second-order valence-corrected chi connectivity index (χ2v) is 7.95. The summed E-state index contributed by atoms with van der Waals surface area (Å²) in [5, 5.41) is 12.1. The zero-order valence-corrected chi connectivity index (χ0v) is 18.7. The Bertz CT molecular complexity index is 1110. The van der Waals surface area contributed by atoms with Gasteiger partial charge in [0.15, 0.2) is 5.82 Å². The van der Waals surface area contributed by atoms with E-state index in [1.54, 1.807) is 37.5 Å². The highest BCUT2D eigenvalue weighted by atomic mass is 19.1. The van der Waals surface area contributed by atoms with Crippen molar-refractivity contribution in [3.8, 4) is 11.4 Å². The zero-order chi connectivity index (χ0) is 23.4.